The third-order valence-corrected chi connectivity index (χ3v) is 3.94. The fraction of sp³-hybridized carbons (Fsp3) is 0. The molecule has 0 unspecified atom stereocenters. The van der Waals surface area contributed by atoms with Crippen molar-refractivity contribution < 1.29 is 0 Å². The number of thiocarbonyl (C=S) groups is 1. The van der Waals surface area contributed by atoms with Crippen LogP contribution in [0.3, 0.4) is 0 Å². The van der Waals surface area contributed by atoms with Crippen LogP contribution in [0, 0.1) is 0 Å². The molecule has 0 spiro atoms. The number of nitrogens with two attached hydrogens (primary N) is 1. The standard InChI is InChI=1S/C15H9ClN6OS/c16-7-1-2-11-9(5-7)12(20-21-15(17)24)13-19-10-6-18-4-3-8(10)14(23)22(11)13/h1-6H,(H3,17,21,24)/b20-12+. The Labute approximate surface area is 145 Å². The number of hydrogen-bond acceptors (Lipinski definition) is 5. The third kappa shape index (κ3) is 2.15. The molecule has 0 radical (unpaired) electrons. The molecule has 1 aliphatic rings. The van der Waals surface area contributed by atoms with Crippen molar-refractivity contribution in [3.8, 4) is 5.69 Å². The highest BCUT2D eigenvalue weighted by Crippen LogP contribution is 2.29. The predicted octanol–water partition coefficient (Wildman–Crippen LogP) is 1.33. The lowest BCUT2D eigenvalue weighted by molar-refractivity contribution is 0.956. The van der Waals surface area contributed by atoms with Gasteiger partial charge in [-0.25, -0.2) is 4.98 Å². The van der Waals surface area contributed by atoms with Gasteiger partial charge in [0.15, 0.2) is 10.9 Å². The second-order valence-corrected chi connectivity index (χ2v) is 5.94. The minimum atomic E-state index is -0.207. The summed E-state index contributed by atoms with van der Waals surface area (Å²) in [4.78, 5) is 21.4. The van der Waals surface area contributed by atoms with Gasteiger partial charge in [-0.15, -0.1) is 0 Å². The molecule has 3 aromatic rings. The zero-order valence-electron chi connectivity index (χ0n) is 12.0. The van der Waals surface area contributed by atoms with E-state index in [1.807, 2.05) is 0 Å². The first-order valence-corrected chi connectivity index (χ1v) is 7.65. The van der Waals surface area contributed by atoms with E-state index in [0.29, 0.717) is 38.7 Å². The average Bonchev–Trinajstić information content (AvgIpc) is 2.86. The van der Waals surface area contributed by atoms with Crippen molar-refractivity contribution in [3.05, 3.63) is 63.4 Å². The molecule has 2 aromatic heterocycles. The predicted molar refractivity (Wildman–Crippen MR) is 95.7 cm³/mol. The normalized spacial score (nSPS) is 13.8. The first-order valence-electron chi connectivity index (χ1n) is 6.87. The molecule has 7 nitrogen and oxygen atoms in total. The van der Waals surface area contributed by atoms with Gasteiger partial charge in [0.1, 0.15) is 5.71 Å². The van der Waals surface area contributed by atoms with Gasteiger partial charge in [0.25, 0.3) is 5.56 Å². The number of nitrogens with zero attached hydrogens (tertiary/aromatic N) is 4. The summed E-state index contributed by atoms with van der Waals surface area (Å²) >= 11 is 10.9. The molecule has 4 rings (SSSR count). The molecule has 0 amide bonds. The highest BCUT2D eigenvalue weighted by Gasteiger charge is 2.29. The van der Waals surface area contributed by atoms with Gasteiger partial charge in [-0.2, -0.15) is 5.10 Å². The van der Waals surface area contributed by atoms with E-state index in [2.05, 4.69) is 20.5 Å². The van der Waals surface area contributed by atoms with Crippen LogP contribution in [0.5, 0.6) is 0 Å². The van der Waals surface area contributed by atoms with Crippen molar-refractivity contribution >= 4 is 45.5 Å². The molecule has 24 heavy (non-hydrogen) atoms. The minimum Gasteiger partial charge on any atom is -0.375 e. The minimum absolute atomic E-state index is 0.00864. The molecule has 0 fully saturated rings. The largest absolute Gasteiger partial charge is 0.375 e. The topological polar surface area (TPSA) is 98.2 Å². The second-order valence-electron chi connectivity index (χ2n) is 5.07. The Morgan fingerprint density at radius 1 is 1.38 bits per heavy atom. The molecule has 0 bridgehead atoms. The summed E-state index contributed by atoms with van der Waals surface area (Å²) in [6, 6.07) is 6.81. The number of fused-ring (bicyclic) bond motifs is 4. The Hall–Kier alpha value is -2.84. The molecule has 118 valence electrons. The van der Waals surface area contributed by atoms with E-state index in [-0.39, 0.29) is 10.7 Å². The van der Waals surface area contributed by atoms with Gasteiger partial charge in [-0.3, -0.25) is 19.8 Å². The third-order valence-electron chi connectivity index (χ3n) is 3.62. The maximum Gasteiger partial charge on any atom is 0.266 e. The van der Waals surface area contributed by atoms with Gasteiger partial charge in [-0.05, 0) is 36.5 Å². The van der Waals surface area contributed by atoms with Crippen LogP contribution in [0.1, 0.15) is 11.4 Å². The van der Waals surface area contributed by atoms with E-state index in [1.54, 1.807) is 30.5 Å². The summed E-state index contributed by atoms with van der Waals surface area (Å²) in [6.07, 6.45) is 3.09. The van der Waals surface area contributed by atoms with Gasteiger partial charge < -0.3 is 5.73 Å². The van der Waals surface area contributed by atoms with E-state index >= 15 is 0 Å². The zero-order valence-corrected chi connectivity index (χ0v) is 13.6. The number of rotatable bonds is 1. The van der Waals surface area contributed by atoms with Crippen LogP contribution in [0.25, 0.3) is 16.6 Å². The summed E-state index contributed by atoms with van der Waals surface area (Å²) in [5, 5.41) is 5.19. The van der Waals surface area contributed by atoms with E-state index in [1.165, 1.54) is 10.8 Å². The number of hydrazone groups is 1. The van der Waals surface area contributed by atoms with E-state index in [4.69, 9.17) is 29.6 Å². The van der Waals surface area contributed by atoms with Crippen LogP contribution >= 0.6 is 23.8 Å². The van der Waals surface area contributed by atoms with Crippen molar-refractivity contribution in [2.24, 2.45) is 10.8 Å². The van der Waals surface area contributed by atoms with Crippen LogP contribution < -0.4 is 16.7 Å². The second kappa shape index (κ2) is 5.36. The molecule has 0 saturated heterocycles. The van der Waals surface area contributed by atoms with Gasteiger partial charge in [0, 0.05) is 16.8 Å². The molecule has 9 heteroatoms. The number of nitrogens with one attached hydrogen (secondary N) is 1. The van der Waals surface area contributed by atoms with E-state index in [0.717, 1.165) is 0 Å². The van der Waals surface area contributed by atoms with E-state index < -0.39 is 0 Å². The first-order chi connectivity index (χ1) is 11.6. The Morgan fingerprint density at radius 3 is 3.00 bits per heavy atom. The van der Waals surface area contributed by atoms with Crippen LogP contribution in [-0.4, -0.2) is 25.4 Å². The van der Waals surface area contributed by atoms with Crippen molar-refractivity contribution in [1.82, 2.24) is 20.0 Å². The smallest absolute Gasteiger partial charge is 0.266 e. The molecular weight excluding hydrogens is 348 g/mol. The van der Waals surface area contributed by atoms with Gasteiger partial charge in [-0.1, -0.05) is 11.6 Å². The molecule has 1 aliphatic heterocycles. The van der Waals surface area contributed by atoms with E-state index in [9.17, 15) is 4.79 Å². The SMILES string of the molecule is NC(=S)N/N=C1\c2cc(Cl)ccc2-n2c1nc1cnccc1c2=O. The Bertz CT molecular complexity index is 1110. The van der Waals surface area contributed by atoms with Crippen LogP contribution in [-0.2, 0) is 0 Å². The van der Waals surface area contributed by atoms with Gasteiger partial charge in [0.2, 0.25) is 0 Å². The Morgan fingerprint density at radius 2 is 2.21 bits per heavy atom. The summed E-state index contributed by atoms with van der Waals surface area (Å²) < 4.78 is 1.49. The summed E-state index contributed by atoms with van der Waals surface area (Å²) in [5.41, 5.74) is 10.0. The number of aromatic nitrogens is 3. The highest BCUT2D eigenvalue weighted by molar-refractivity contribution is 7.80. The monoisotopic (exact) mass is 356 g/mol. The lowest BCUT2D eigenvalue weighted by atomic mass is 10.1. The van der Waals surface area contributed by atoms with Crippen molar-refractivity contribution in [2.75, 3.05) is 0 Å². The highest BCUT2D eigenvalue weighted by atomic mass is 35.5. The fourth-order valence-electron chi connectivity index (χ4n) is 2.65. The summed E-state index contributed by atoms with van der Waals surface area (Å²) in [5.74, 6) is 0.376. The molecule has 0 atom stereocenters. The van der Waals surface area contributed by atoms with Crippen LogP contribution in [0.15, 0.2) is 46.6 Å². The Balaban J connectivity index is 2.10. The lowest BCUT2D eigenvalue weighted by Crippen LogP contribution is -2.26. The van der Waals surface area contributed by atoms with Crippen molar-refractivity contribution in [2.45, 2.75) is 0 Å². The summed E-state index contributed by atoms with van der Waals surface area (Å²) in [7, 11) is 0. The average molecular weight is 357 g/mol. The molecular formula is C15H9ClN6OS. The van der Waals surface area contributed by atoms with Crippen molar-refractivity contribution in [3.63, 3.8) is 0 Å². The van der Waals surface area contributed by atoms with Crippen molar-refractivity contribution in [1.29, 1.82) is 0 Å². The lowest BCUT2D eigenvalue weighted by Gasteiger charge is -2.05. The first kappa shape index (κ1) is 14.7. The van der Waals surface area contributed by atoms with Crippen LogP contribution in [0.2, 0.25) is 5.02 Å². The maximum atomic E-state index is 12.9. The quantitative estimate of drug-likeness (QED) is 0.394. The Kier molecular flexibility index (Phi) is 3.29. The maximum absolute atomic E-state index is 12.9. The number of hydrogen-bond donors (Lipinski definition) is 2. The number of halogens is 1. The van der Waals surface area contributed by atoms with Gasteiger partial charge in [0.05, 0.1) is 22.8 Å². The number of pyridine rings is 1. The summed E-state index contributed by atoms with van der Waals surface area (Å²) in [6.45, 7) is 0. The molecule has 0 aliphatic carbocycles. The zero-order chi connectivity index (χ0) is 16.8. The molecule has 1 aromatic carbocycles. The van der Waals surface area contributed by atoms with Gasteiger partial charge >= 0.3 is 0 Å². The molecule has 3 N–H and O–H groups in total. The fourth-order valence-corrected chi connectivity index (χ4v) is 2.87. The molecule has 3 heterocycles. The molecule has 0 saturated carbocycles. The van der Waals surface area contributed by atoms with Crippen LogP contribution in [0.4, 0.5) is 0 Å². The number of benzene rings is 1.